The lowest BCUT2D eigenvalue weighted by atomic mass is 10.3. The van der Waals surface area contributed by atoms with Crippen molar-refractivity contribution in [3.63, 3.8) is 0 Å². The Hall–Kier alpha value is -1.30. The molecule has 13 heavy (non-hydrogen) atoms. The zero-order valence-electron chi connectivity index (χ0n) is 7.84. The quantitative estimate of drug-likeness (QED) is 0.141. The van der Waals surface area contributed by atoms with Gasteiger partial charge in [0, 0.05) is 6.54 Å². The van der Waals surface area contributed by atoms with Gasteiger partial charge in [0.2, 0.25) is 11.9 Å². The molecule has 0 atom stereocenters. The van der Waals surface area contributed by atoms with Gasteiger partial charge in [0.05, 0.1) is 0 Å². The molecule has 0 aliphatic carbocycles. The molecule has 0 fully saturated rings. The Kier molecular flexibility index (Phi) is 6.62. The highest BCUT2D eigenvalue weighted by Gasteiger charge is 1.95. The van der Waals surface area contributed by atoms with Gasteiger partial charge in [0.25, 0.3) is 0 Å². The number of nitrogens with zero attached hydrogens (tertiary/aromatic N) is 1. The number of nitrogens with two attached hydrogens (primary N) is 2. The van der Waals surface area contributed by atoms with Crippen molar-refractivity contribution in [1.29, 1.82) is 0 Å². The first-order chi connectivity index (χ1) is 6.20. The number of carbonyl (C=O) groups is 1. The number of amides is 1. The molecular formula is C7H17N5O. The van der Waals surface area contributed by atoms with E-state index < -0.39 is 5.91 Å². The van der Waals surface area contributed by atoms with Crippen molar-refractivity contribution < 1.29 is 4.79 Å². The summed E-state index contributed by atoms with van der Waals surface area (Å²) in [6.07, 6.45) is 2.11. The number of rotatable bonds is 5. The standard InChI is InChI=1S/C7H17N5O/c1-2-3-4-10-7(12-9)11-5-6(8)13/h2-5,9H2,1H3,(H2,8,13)(H2,10,11,12). The summed E-state index contributed by atoms with van der Waals surface area (Å²) in [7, 11) is 0. The molecule has 6 heteroatoms. The van der Waals surface area contributed by atoms with Gasteiger partial charge in [-0.1, -0.05) is 13.3 Å². The maximum atomic E-state index is 10.4. The van der Waals surface area contributed by atoms with E-state index in [4.69, 9.17) is 11.6 Å². The van der Waals surface area contributed by atoms with E-state index >= 15 is 0 Å². The molecule has 0 saturated heterocycles. The molecule has 0 saturated carbocycles. The van der Waals surface area contributed by atoms with Crippen molar-refractivity contribution in [1.82, 2.24) is 10.7 Å². The van der Waals surface area contributed by atoms with Gasteiger partial charge in [-0.2, -0.15) is 0 Å². The minimum absolute atomic E-state index is 0.0569. The van der Waals surface area contributed by atoms with Gasteiger partial charge < -0.3 is 11.1 Å². The zero-order valence-corrected chi connectivity index (χ0v) is 7.84. The first-order valence-corrected chi connectivity index (χ1v) is 4.24. The third-order valence-electron chi connectivity index (χ3n) is 1.35. The van der Waals surface area contributed by atoms with Crippen LogP contribution in [-0.4, -0.2) is 25.0 Å². The van der Waals surface area contributed by atoms with Crippen LogP contribution in [0, 0.1) is 0 Å². The number of hydrogen-bond acceptors (Lipinski definition) is 3. The predicted molar refractivity (Wildman–Crippen MR) is 51.7 cm³/mol. The lowest BCUT2D eigenvalue weighted by Crippen LogP contribution is -2.42. The fourth-order valence-electron chi connectivity index (χ4n) is 0.693. The van der Waals surface area contributed by atoms with Gasteiger partial charge in [0.15, 0.2) is 0 Å². The van der Waals surface area contributed by atoms with Crippen LogP contribution in [0.15, 0.2) is 4.99 Å². The summed E-state index contributed by atoms with van der Waals surface area (Å²) in [5.41, 5.74) is 7.26. The Morgan fingerprint density at radius 2 is 2.23 bits per heavy atom. The van der Waals surface area contributed by atoms with Crippen LogP contribution >= 0.6 is 0 Å². The van der Waals surface area contributed by atoms with Crippen molar-refractivity contribution >= 4 is 11.9 Å². The monoisotopic (exact) mass is 187 g/mol. The first-order valence-electron chi connectivity index (χ1n) is 4.24. The van der Waals surface area contributed by atoms with Gasteiger partial charge in [-0.05, 0) is 6.42 Å². The Labute approximate surface area is 77.7 Å². The molecular weight excluding hydrogens is 170 g/mol. The second kappa shape index (κ2) is 7.35. The van der Waals surface area contributed by atoms with Crippen LogP contribution < -0.4 is 22.3 Å². The predicted octanol–water partition coefficient (Wildman–Crippen LogP) is -1.32. The normalized spacial score (nSPS) is 11.1. The smallest absolute Gasteiger partial charge is 0.239 e. The summed E-state index contributed by atoms with van der Waals surface area (Å²) in [6.45, 7) is 2.80. The van der Waals surface area contributed by atoms with Crippen molar-refractivity contribution in [3.05, 3.63) is 0 Å². The molecule has 0 radical (unpaired) electrons. The summed E-state index contributed by atoms with van der Waals surface area (Å²) >= 11 is 0. The highest BCUT2D eigenvalue weighted by atomic mass is 16.1. The number of hydrogen-bond donors (Lipinski definition) is 4. The number of primary amides is 1. The van der Waals surface area contributed by atoms with Crippen molar-refractivity contribution in [2.75, 3.05) is 13.1 Å². The van der Waals surface area contributed by atoms with Crippen LogP contribution in [0.5, 0.6) is 0 Å². The average Bonchev–Trinajstić information content (AvgIpc) is 2.10. The molecule has 0 aromatic rings. The van der Waals surface area contributed by atoms with E-state index in [1.165, 1.54) is 0 Å². The molecule has 1 amide bonds. The summed E-state index contributed by atoms with van der Waals surface area (Å²) in [5.74, 6) is 5.06. The van der Waals surface area contributed by atoms with E-state index in [1.807, 2.05) is 0 Å². The third-order valence-corrected chi connectivity index (χ3v) is 1.35. The van der Waals surface area contributed by atoms with E-state index in [2.05, 4.69) is 22.7 Å². The number of carbonyl (C=O) groups excluding carboxylic acids is 1. The second-order valence-corrected chi connectivity index (χ2v) is 2.56. The van der Waals surface area contributed by atoms with Crippen LogP contribution in [0.3, 0.4) is 0 Å². The van der Waals surface area contributed by atoms with Crippen molar-refractivity contribution in [3.8, 4) is 0 Å². The largest absolute Gasteiger partial charge is 0.368 e. The van der Waals surface area contributed by atoms with Crippen molar-refractivity contribution in [2.45, 2.75) is 19.8 Å². The summed E-state index contributed by atoms with van der Waals surface area (Å²) < 4.78 is 0. The molecule has 0 bridgehead atoms. The first kappa shape index (κ1) is 11.7. The number of nitrogens with one attached hydrogen (secondary N) is 2. The Balaban J connectivity index is 3.73. The fraction of sp³-hybridized carbons (Fsp3) is 0.714. The Morgan fingerprint density at radius 1 is 1.54 bits per heavy atom. The summed E-state index contributed by atoms with van der Waals surface area (Å²) in [4.78, 5) is 14.2. The maximum absolute atomic E-state index is 10.4. The number of hydrazine groups is 1. The van der Waals surface area contributed by atoms with Gasteiger partial charge in [-0.25, -0.2) is 10.8 Å². The molecule has 0 spiro atoms. The molecule has 0 unspecified atom stereocenters. The van der Waals surface area contributed by atoms with Crippen LogP contribution in [0.4, 0.5) is 0 Å². The summed E-state index contributed by atoms with van der Waals surface area (Å²) in [5, 5.41) is 2.93. The molecule has 0 aromatic carbocycles. The maximum Gasteiger partial charge on any atom is 0.239 e. The van der Waals surface area contributed by atoms with Gasteiger partial charge >= 0.3 is 0 Å². The van der Waals surface area contributed by atoms with Gasteiger partial charge in [0.1, 0.15) is 6.54 Å². The van der Waals surface area contributed by atoms with Crippen LogP contribution in [0.25, 0.3) is 0 Å². The minimum atomic E-state index is -0.481. The zero-order chi connectivity index (χ0) is 10.1. The van der Waals surface area contributed by atoms with Crippen LogP contribution in [-0.2, 0) is 4.79 Å². The number of aliphatic imine (C=N–C) groups is 1. The molecule has 6 N–H and O–H groups in total. The van der Waals surface area contributed by atoms with E-state index in [-0.39, 0.29) is 6.54 Å². The molecule has 0 heterocycles. The highest BCUT2D eigenvalue weighted by molar-refractivity contribution is 5.83. The number of unbranched alkanes of at least 4 members (excludes halogenated alkanes) is 1. The molecule has 76 valence electrons. The number of guanidine groups is 1. The summed E-state index contributed by atoms with van der Waals surface area (Å²) in [6, 6.07) is 0. The second-order valence-electron chi connectivity index (χ2n) is 2.56. The van der Waals surface area contributed by atoms with E-state index in [1.54, 1.807) is 0 Å². The lowest BCUT2D eigenvalue weighted by Gasteiger charge is -2.07. The molecule has 6 nitrogen and oxygen atoms in total. The third kappa shape index (κ3) is 7.07. The average molecular weight is 187 g/mol. The molecule has 0 aliphatic rings. The fourth-order valence-corrected chi connectivity index (χ4v) is 0.693. The Morgan fingerprint density at radius 3 is 2.69 bits per heavy atom. The van der Waals surface area contributed by atoms with Gasteiger partial charge in [-0.15, -0.1) is 0 Å². The topological polar surface area (TPSA) is 106 Å². The molecule has 0 rings (SSSR count). The highest BCUT2D eigenvalue weighted by Crippen LogP contribution is 1.82. The SMILES string of the molecule is CCCCNC(=NCC(N)=O)NN. The lowest BCUT2D eigenvalue weighted by molar-refractivity contribution is -0.116. The van der Waals surface area contributed by atoms with E-state index in [0.29, 0.717) is 5.96 Å². The van der Waals surface area contributed by atoms with Crippen LogP contribution in [0.2, 0.25) is 0 Å². The molecule has 0 aliphatic heterocycles. The van der Waals surface area contributed by atoms with E-state index in [0.717, 1.165) is 19.4 Å². The van der Waals surface area contributed by atoms with Crippen molar-refractivity contribution in [2.24, 2.45) is 16.6 Å². The van der Waals surface area contributed by atoms with Gasteiger partial charge in [-0.3, -0.25) is 10.2 Å². The molecule has 0 aromatic heterocycles. The minimum Gasteiger partial charge on any atom is -0.368 e. The Bertz CT molecular complexity index is 180. The van der Waals surface area contributed by atoms with Crippen LogP contribution in [0.1, 0.15) is 19.8 Å². The van der Waals surface area contributed by atoms with E-state index in [9.17, 15) is 4.79 Å².